The molecule has 4 fully saturated rings. The van der Waals surface area contributed by atoms with E-state index in [0.717, 1.165) is 49.4 Å². The van der Waals surface area contributed by atoms with Crippen molar-refractivity contribution in [3.63, 3.8) is 0 Å². The Hall–Kier alpha value is -0.860. The van der Waals surface area contributed by atoms with Crippen LogP contribution >= 0.6 is 0 Å². The molecule has 0 aromatic heterocycles. The molecule has 3 heteroatoms. The maximum Gasteiger partial charge on any atom is 0.302 e. The second-order valence-corrected chi connectivity index (χ2v) is 8.94. The molecule has 7 atom stereocenters. The number of hydrogen-bond acceptors (Lipinski definition) is 3. The van der Waals surface area contributed by atoms with Gasteiger partial charge in [-0.25, -0.2) is 0 Å². The number of hydrogen-bond donors (Lipinski definition) is 0. The van der Waals surface area contributed by atoms with Crippen LogP contribution in [0.3, 0.4) is 0 Å². The Morgan fingerprint density at radius 3 is 2.65 bits per heavy atom. The van der Waals surface area contributed by atoms with Gasteiger partial charge in [0.2, 0.25) is 0 Å². The van der Waals surface area contributed by atoms with E-state index >= 15 is 0 Å². The molecule has 4 aliphatic rings. The molecule has 0 amide bonds. The van der Waals surface area contributed by atoms with Crippen molar-refractivity contribution in [1.29, 1.82) is 0 Å². The van der Waals surface area contributed by atoms with E-state index in [1.165, 1.54) is 32.1 Å². The van der Waals surface area contributed by atoms with Gasteiger partial charge in [0, 0.05) is 25.2 Å². The van der Waals surface area contributed by atoms with Gasteiger partial charge in [0.15, 0.2) is 0 Å². The highest BCUT2D eigenvalue weighted by Crippen LogP contribution is 2.62. The number of rotatable bonds is 1. The summed E-state index contributed by atoms with van der Waals surface area (Å²) in [6.45, 7) is 3.93. The number of ketones is 1. The van der Waals surface area contributed by atoms with Crippen molar-refractivity contribution in [1.82, 2.24) is 0 Å². The predicted octanol–water partition coefficient (Wildman–Crippen LogP) is 4.14. The summed E-state index contributed by atoms with van der Waals surface area (Å²) in [5.74, 6) is 4.22. The minimum atomic E-state index is -0.117. The Labute approximate surface area is 139 Å². The lowest BCUT2D eigenvalue weighted by atomic mass is 9.50. The molecule has 4 rings (SSSR count). The molecular weight excluding hydrogens is 288 g/mol. The van der Waals surface area contributed by atoms with Gasteiger partial charge in [0.05, 0.1) is 0 Å². The lowest BCUT2D eigenvalue weighted by Gasteiger charge is -2.55. The Balaban J connectivity index is 1.53. The summed E-state index contributed by atoms with van der Waals surface area (Å²) < 4.78 is 5.70. The van der Waals surface area contributed by atoms with Crippen molar-refractivity contribution in [2.45, 2.75) is 77.7 Å². The summed E-state index contributed by atoms with van der Waals surface area (Å²) in [7, 11) is 0. The third kappa shape index (κ3) is 2.46. The maximum atomic E-state index is 11.8. The van der Waals surface area contributed by atoms with Crippen molar-refractivity contribution < 1.29 is 14.3 Å². The zero-order chi connectivity index (χ0) is 16.2. The predicted molar refractivity (Wildman–Crippen MR) is 87.7 cm³/mol. The monoisotopic (exact) mass is 318 g/mol. The number of fused-ring (bicyclic) bond motifs is 5. The zero-order valence-corrected chi connectivity index (χ0v) is 14.6. The van der Waals surface area contributed by atoms with Gasteiger partial charge in [-0.3, -0.25) is 9.59 Å². The number of carbonyl (C=O) groups is 2. The largest absolute Gasteiger partial charge is 0.462 e. The first-order valence-corrected chi connectivity index (χ1v) is 9.68. The molecule has 0 heterocycles. The number of ether oxygens (including phenoxy) is 1. The fraction of sp³-hybridized carbons (Fsp3) is 0.900. The smallest absolute Gasteiger partial charge is 0.302 e. The number of carbonyl (C=O) groups excluding carboxylic acids is 2. The molecule has 0 aromatic rings. The molecule has 0 aromatic carbocycles. The fourth-order valence-corrected chi connectivity index (χ4v) is 7.01. The second-order valence-electron chi connectivity index (χ2n) is 8.94. The van der Waals surface area contributed by atoms with Crippen molar-refractivity contribution in [3.05, 3.63) is 0 Å². The van der Waals surface area contributed by atoms with Crippen molar-refractivity contribution in [2.24, 2.45) is 35.0 Å². The zero-order valence-electron chi connectivity index (χ0n) is 14.6. The van der Waals surface area contributed by atoms with Gasteiger partial charge in [0.1, 0.15) is 11.9 Å². The fourth-order valence-electron chi connectivity index (χ4n) is 7.01. The van der Waals surface area contributed by atoms with Crippen LogP contribution in [-0.4, -0.2) is 17.9 Å². The first-order chi connectivity index (χ1) is 11.0. The summed E-state index contributed by atoms with van der Waals surface area (Å²) in [5, 5.41) is 0. The highest BCUT2D eigenvalue weighted by Gasteiger charge is 2.58. The molecule has 23 heavy (non-hydrogen) atoms. The van der Waals surface area contributed by atoms with Gasteiger partial charge in [-0.15, -0.1) is 0 Å². The van der Waals surface area contributed by atoms with Crippen molar-refractivity contribution in [2.75, 3.05) is 0 Å². The van der Waals surface area contributed by atoms with Crippen LogP contribution in [0.2, 0.25) is 0 Å². The van der Waals surface area contributed by atoms with E-state index < -0.39 is 0 Å². The van der Waals surface area contributed by atoms with Gasteiger partial charge >= 0.3 is 5.97 Å². The summed E-state index contributed by atoms with van der Waals surface area (Å²) in [6, 6.07) is 0. The Morgan fingerprint density at radius 1 is 1.04 bits per heavy atom. The topological polar surface area (TPSA) is 43.4 Å². The average molecular weight is 318 g/mol. The molecule has 0 aliphatic heterocycles. The molecule has 4 aliphatic carbocycles. The Morgan fingerprint density at radius 2 is 1.87 bits per heavy atom. The normalized spacial score (nSPS) is 49.0. The third-order valence-electron chi connectivity index (χ3n) is 7.99. The van der Waals surface area contributed by atoms with Crippen molar-refractivity contribution >= 4 is 11.8 Å². The highest BCUT2D eigenvalue weighted by atomic mass is 16.5. The molecule has 0 saturated heterocycles. The van der Waals surface area contributed by atoms with Gasteiger partial charge in [-0.1, -0.05) is 6.92 Å². The molecular formula is C20H30O3. The third-order valence-corrected chi connectivity index (χ3v) is 7.99. The number of Topliss-reactive ketones (excluding diaryl/α,β-unsaturated/α-hetero) is 1. The molecule has 0 bridgehead atoms. The van der Waals surface area contributed by atoms with Crippen LogP contribution < -0.4 is 0 Å². The molecule has 0 N–H and O–H groups in total. The maximum absolute atomic E-state index is 11.8. The Kier molecular flexibility index (Phi) is 3.81. The SMILES string of the molecule is CC(=O)O[C@H]1CCC2C3CC[C@H]4CC(=O)CCC4C3CCC21C. The van der Waals surface area contributed by atoms with Crippen molar-refractivity contribution in [3.8, 4) is 0 Å². The average Bonchev–Trinajstić information content (AvgIpc) is 2.83. The van der Waals surface area contributed by atoms with E-state index in [1.807, 2.05) is 0 Å². The summed E-state index contributed by atoms with van der Waals surface area (Å²) in [5.41, 5.74) is 0.199. The van der Waals surface area contributed by atoms with Gasteiger partial charge in [-0.2, -0.15) is 0 Å². The Bertz CT molecular complexity index is 513. The molecule has 3 nitrogen and oxygen atoms in total. The van der Waals surface area contributed by atoms with E-state index in [9.17, 15) is 9.59 Å². The molecule has 4 saturated carbocycles. The number of esters is 1. The van der Waals surface area contributed by atoms with E-state index in [4.69, 9.17) is 4.74 Å². The molecule has 0 radical (unpaired) electrons. The van der Waals surface area contributed by atoms with E-state index in [-0.39, 0.29) is 17.5 Å². The highest BCUT2D eigenvalue weighted by molar-refractivity contribution is 5.79. The second kappa shape index (κ2) is 5.60. The van der Waals surface area contributed by atoms with Gasteiger partial charge in [-0.05, 0) is 74.5 Å². The first-order valence-electron chi connectivity index (χ1n) is 9.68. The lowest BCUT2D eigenvalue weighted by Crippen LogP contribution is -2.50. The summed E-state index contributed by atoms with van der Waals surface area (Å²) in [6.07, 6.45) is 10.3. The summed E-state index contributed by atoms with van der Waals surface area (Å²) >= 11 is 0. The van der Waals surface area contributed by atoms with Crippen LogP contribution in [0, 0.1) is 35.0 Å². The van der Waals surface area contributed by atoms with Crippen LogP contribution in [0.25, 0.3) is 0 Å². The van der Waals surface area contributed by atoms with Crippen LogP contribution in [0.15, 0.2) is 0 Å². The van der Waals surface area contributed by atoms with Crippen LogP contribution in [-0.2, 0) is 14.3 Å². The first kappa shape index (κ1) is 15.7. The van der Waals surface area contributed by atoms with E-state index in [2.05, 4.69) is 6.92 Å². The van der Waals surface area contributed by atoms with Gasteiger partial charge in [0.25, 0.3) is 0 Å². The quantitative estimate of drug-likeness (QED) is 0.682. The van der Waals surface area contributed by atoms with Crippen LogP contribution in [0.4, 0.5) is 0 Å². The van der Waals surface area contributed by atoms with Gasteiger partial charge < -0.3 is 4.74 Å². The lowest BCUT2D eigenvalue weighted by molar-refractivity contribution is -0.157. The summed E-state index contributed by atoms with van der Waals surface area (Å²) in [4.78, 5) is 23.3. The molecule has 0 spiro atoms. The van der Waals surface area contributed by atoms with Crippen LogP contribution in [0.1, 0.15) is 71.6 Å². The van der Waals surface area contributed by atoms with Crippen LogP contribution in [0.5, 0.6) is 0 Å². The van der Waals surface area contributed by atoms with E-state index in [0.29, 0.717) is 11.7 Å². The minimum Gasteiger partial charge on any atom is -0.462 e. The van der Waals surface area contributed by atoms with E-state index in [1.54, 1.807) is 6.92 Å². The molecule has 5 unspecified atom stereocenters. The standard InChI is InChI=1S/C20H30O3/c1-12(21)23-19-8-7-18-17-5-3-13-11-14(22)4-6-15(13)16(17)9-10-20(18,19)2/h13,15-19H,3-11H2,1-2H3/t13-,15?,16?,17?,18?,19-,20?/m0/s1. The minimum absolute atomic E-state index is 0.117. The molecule has 128 valence electrons.